The maximum absolute atomic E-state index is 5.45. The third kappa shape index (κ3) is 4.17. The molecule has 0 spiro atoms. The zero-order valence-electron chi connectivity index (χ0n) is 13.2. The monoisotopic (exact) mass is 277 g/mol. The predicted octanol–water partition coefficient (Wildman–Crippen LogP) is 3.18. The van der Waals surface area contributed by atoms with Crippen molar-refractivity contribution in [1.29, 1.82) is 0 Å². The zero-order chi connectivity index (χ0) is 14.6. The first-order chi connectivity index (χ1) is 9.49. The van der Waals surface area contributed by atoms with E-state index >= 15 is 0 Å². The standard InChI is InChI=1S/C16H27N3O/c1-5-7-17-14-10-13(16(2,3)4)18-15(19-14)9-12-6-8-20-11-12/h10,12H,5-9,11H2,1-4H3,(H,17,18,19). The van der Waals surface area contributed by atoms with Crippen molar-refractivity contribution in [3.05, 3.63) is 17.6 Å². The number of hydrogen-bond acceptors (Lipinski definition) is 4. The van der Waals surface area contributed by atoms with Crippen LogP contribution in [0.5, 0.6) is 0 Å². The quantitative estimate of drug-likeness (QED) is 0.898. The fourth-order valence-electron chi connectivity index (χ4n) is 2.32. The molecule has 2 rings (SSSR count). The van der Waals surface area contributed by atoms with Gasteiger partial charge in [-0.2, -0.15) is 0 Å². The molecule has 0 amide bonds. The van der Waals surface area contributed by atoms with Crippen molar-refractivity contribution in [1.82, 2.24) is 9.97 Å². The molecule has 1 unspecified atom stereocenters. The third-order valence-electron chi connectivity index (χ3n) is 3.59. The molecule has 112 valence electrons. The van der Waals surface area contributed by atoms with Crippen LogP contribution in [-0.2, 0) is 16.6 Å². The summed E-state index contributed by atoms with van der Waals surface area (Å²) < 4.78 is 5.45. The highest BCUT2D eigenvalue weighted by Crippen LogP contribution is 2.24. The second-order valence-electron chi connectivity index (χ2n) is 6.67. The largest absolute Gasteiger partial charge is 0.381 e. The van der Waals surface area contributed by atoms with Crippen LogP contribution in [0.1, 0.15) is 52.1 Å². The Morgan fingerprint density at radius 2 is 2.15 bits per heavy atom. The minimum Gasteiger partial charge on any atom is -0.381 e. The van der Waals surface area contributed by atoms with Crippen LogP contribution in [0.3, 0.4) is 0 Å². The van der Waals surface area contributed by atoms with E-state index in [1.54, 1.807) is 0 Å². The second kappa shape index (κ2) is 6.53. The molecule has 4 nitrogen and oxygen atoms in total. The van der Waals surface area contributed by atoms with Crippen LogP contribution in [0.2, 0.25) is 0 Å². The molecule has 0 aromatic carbocycles. The number of aromatic nitrogens is 2. The molecule has 0 bridgehead atoms. The fourth-order valence-corrected chi connectivity index (χ4v) is 2.32. The van der Waals surface area contributed by atoms with Crippen molar-refractivity contribution in [2.45, 2.75) is 52.4 Å². The fraction of sp³-hybridized carbons (Fsp3) is 0.750. The molecule has 0 aliphatic carbocycles. The van der Waals surface area contributed by atoms with Crippen LogP contribution in [-0.4, -0.2) is 29.7 Å². The van der Waals surface area contributed by atoms with Gasteiger partial charge in [0.25, 0.3) is 0 Å². The highest BCUT2D eigenvalue weighted by atomic mass is 16.5. The molecule has 4 heteroatoms. The SMILES string of the molecule is CCCNc1cc(C(C)(C)C)nc(CC2CCOC2)n1. The van der Waals surface area contributed by atoms with E-state index in [1.807, 2.05) is 0 Å². The van der Waals surface area contributed by atoms with Crippen LogP contribution in [0.15, 0.2) is 6.07 Å². The van der Waals surface area contributed by atoms with Gasteiger partial charge in [-0.3, -0.25) is 0 Å². The lowest BCUT2D eigenvalue weighted by molar-refractivity contribution is 0.185. The Kier molecular flexibility index (Phi) is 4.97. The van der Waals surface area contributed by atoms with Gasteiger partial charge < -0.3 is 10.1 Å². The van der Waals surface area contributed by atoms with Crippen LogP contribution < -0.4 is 5.32 Å². The molecule has 1 aromatic heterocycles. The van der Waals surface area contributed by atoms with Crippen molar-refractivity contribution >= 4 is 5.82 Å². The van der Waals surface area contributed by atoms with Crippen molar-refractivity contribution in [3.63, 3.8) is 0 Å². The molecular formula is C16H27N3O. The number of hydrogen-bond donors (Lipinski definition) is 1. The molecule has 1 N–H and O–H groups in total. The van der Waals surface area contributed by atoms with E-state index in [0.717, 1.165) is 56.4 Å². The van der Waals surface area contributed by atoms with Crippen LogP contribution in [0.25, 0.3) is 0 Å². The molecule has 0 radical (unpaired) electrons. The Morgan fingerprint density at radius 1 is 1.35 bits per heavy atom. The lowest BCUT2D eigenvalue weighted by Gasteiger charge is -2.20. The highest BCUT2D eigenvalue weighted by molar-refractivity contribution is 5.38. The average molecular weight is 277 g/mol. The summed E-state index contributed by atoms with van der Waals surface area (Å²) in [5, 5.41) is 3.39. The molecule has 2 heterocycles. The van der Waals surface area contributed by atoms with Crippen molar-refractivity contribution in [2.24, 2.45) is 5.92 Å². The van der Waals surface area contributed by atoms with Gasteiger partial charge in [0.2, 0.25) is 0 Å². The number of ether oxygens (including phenoxy) is 1. The number of rotatable bonds is 5. The third-order valence-corrected chi connectivity index (χ3v) is 3.59. The number of anilines is 1. The van der Waals surface area contributed by atoms with E-state index in [-0.39, 0.29) is 5.41 Å². The topological polar surface area (TPSA) is 47.0 Å². The van der Waals surface area contributed by atoms with Crippen LogP contribution in [0.4, 0.5) is 5.82 Å². The smallest absolute Gasteiger partial charge is 0.131 e. The van der Waals surface area contributed by atoms with Crippen molar-refractivity contribution < 1.29 is 4.74 Å². The van der Waals surface area contributed by atoms with E-state index in [1.165, 1.54) is 0 Å². The summed E-state index contributed by atoms with van der Waals surface area (Å²) in [5.74, 6) is 2.48. The molecule has 20 heavy (non-hydrogen) atoms. The van der Waals surface area contributed by atoms with E-state index in [0.29, 0.717) is 5.92 Å². The van der Waals surface area contributed by atoms with Gasteiger partial charge in [0, 0.05) is 37.7 Å². The van der Waals surface area contributed by atoms with Gasteiger partial charge in [-0.25, -0.2) is 9.97 Å². The molecule has 1 fully saturated rings. The molecular weight excluding hydrogens is 250 g/mol. The van der Waals surface area contributed by atoms with E-state index in [9.17, 15) is 0 Å². The van der Waals surface area contributed by atoms with Crippen LogP contribution in [0, 0.1) is 5.92 Å². The second-order valence-corrected chi connectivity index (χ2v) is 6.67. The van der Waals surface area contributed by atoms with Gasteiger partial charge in [-0.15, -0.1) is 0 Å². The van der Waals surface area contributed by atoms with Crippen LogP contribution >= 0.6 is 0 Å². The maximum atomic E-state index is 5.45. The van der Waals surface area contributed by atoms with E-state index in [2.05, 4.69) is 44.1 Å². The molecule has 0 saturated carbocycles. The minimum absolute atomic E-state index is 0.0481. The summed E-state index contributed by atoms with van der Waals surface area (Å²) in [5.41, 5.74) is 1.16. The van der Waals surface area contributed by atoms with Gasteiger partial charge in [-0.05, 0) is 18.8 Å². The lowest BCUT2D eigenvalue weighted by atomic mass is 9.91. The van der Waals surface area contributed by atoms with Crippen molar-refractivity contribution in [2.75, 3.05) is 25.1 Å². The molecule has 1 atom stereocenters. The zero-order valence-corrected chi connectivity index (χ0v) is 13.2. The average Bonchev–Trinajstić information content (AvgIpc) is 2.88. The van der Waals surface area contributed by atoms with Gasteiger partial charge >= 0.3 is 0 Å². The predicted molar refractivity (Wildman–Crippen MR) is 82.1 cm³/mol. The normalized spacial score (nSPS) is 19.3. The first kappa shape index (κ1) is 15.2. The summed E-state index contributed by atoms with van der Waals surface area (Å²) >= 11 is 0. The first-order valence-corrected chi connectivity index (χ1v) is 7.69. The Hall–Kier alpha value is -1.16. The van der Waals surface area contributed by atoms with Crippen molar-refractivity contribution in [3.8, 4) is 0 Å². The number of nitrogens with one attached hydrogen (secondary N) is 1. The highest BCUT2D eigenvalue weighted by Gasteiger charge is 2.21. The summed E-state index contributed by atoms with van der Waals surface area (Å²) in [6, 6.07) is 2.09. The molecule has 1 aliphatic heterocycles. The summed E-state index contributed by atoms with van der Waals surface area (Å²) in [6.07, 6.45) is 3.15. The summed E-state index contributed by atoms with van der Waals surface area (Å²) in [7, 11) is 0. The van der Waals surface area contributed by atoms with E-state index < -0.39 is 0 Å². The van der Waals surface area contributed by atoms with Gasteiger partial charge in [0.1, 0.15) is 11.6 Å². The first-order valence-electron chi connectivity index (χ1n) is 7.69. The molecule has 1 aromatic rings. The lowest BCUT2D eigenvalue weighted by Crippen LogP contribution is -2.18. The van der Waals surface area contributed by atoms with Gasteiger partial charge in [0.05, 0.1) is 5.69 Å². The Bertz CT molecular complexity index is 434. The molecule has 1 saturated heterocycles. The molecule has 1 aliphatic rings. The summed E-state index contributed by atoms with van der Waals surface area (Å²) in [4.78, 5) is 9.44. The van der Waals surface area contributed by atoms with Gasteiger partial charge in [-0.1, -0.05) is 27.7 Å². The maximum Gasteiger partial charge on any atom is 0.131 e. The van der Waals surface area contributed by atoms with Gasteiger partial charge in [0.15, 0.2) is 0 Å². The summed E-state index contributed by atoms with van der Waals surface area (Å²) in [6.45, 7) is 11.4. The Labute approximate surface area is 122 Å². The number of nitrogens with zero attached hydrogens (tertiary/aromatic N) is 2. The van der Waals surface area contributed by atoms with E-state index in [4.69, 9.17) is 9.72 Å². The minimum atomic E-state index is 0.0481. The Balaban J connectivity index is 2.19. The Morgan fingerprint density at radius 3 is 2.75 bits per heavy atom.